The maximum Gasteiger partial charge on any atom is 0.0205 e. The molecule has 0 saturated heterocycles. The summed E-state index contributed by atoms with van der Waals surface area (Å²) in [6.45, 7) is 6.58. The fourth-order valence-corrected chi connectivity index (χ4v) is 2.63. The third-order valence-corrected chi connectivity index (χ3v) is 3.98. The molecule has 0 atom stereocenters. The van der Waals surface area contributed by atoms with Crippen LogP contribution >= 0.6 is 12.4 Å². The fourth-order valence-electron chi connectivity index (χ4n) is 2.63. The lowest BCUT2D eigenvalue weighted by atomic mass is 9.97. The van der Waals surface area contributed by atoms with Gasteiger partial charge in [0.15, 0.2) is 0 Å². The van der Waals surface area contributed by atoms with E-state index in [0.29, 0.717) is 5.92 Å². The Balaban J connectivity index is 0.00000200. The first-order valence-electron chi connectivity index (χ1n) is 7.73. The smallest absolute Gasteiger partial charge is 0.0205 e. The SMILES string of the molecule is CC(C)c1ccc(CNCCC2=CCCCC2)cc1.Cl. The molecule has 1 aliphatic rings. The fraction of sp³-hybridized carbons (Fsp3) is 0.556. The monoisotopic (exact) mass is 293 g/mol. The molecule has 1 aromatic rings. The molecule has 2 heteroatoms. The number of benzene rings is 1. The molecule has 2 rings (SSSR count). The Bertz CT molecular complexity index is 406. The van der Waals surface area contributed by atoms with Gasteiger partial charge in [-0.05, 0) is 55.7 Å². The van der Waals surface area contributed by atoms with E-state index in [4.69, 9.17) is 0 Å². The van der Waals surface area contributed by atoms with Gasteiger partial charge in [0, 0.05) is 6.54 Å². The Morgan fingerprint density at radius 1 is 1.10 bits per heavy atom. The van der Waals surface area contributed by atoms with Crippen molar-refractivity contribution in [3.05, 3.63) is 47.0 Å². The molecule has 20 heavy (non-hydrogen) atoms. The Morgan fingerprint density at radius 2 is 1.85 bits per heavy atom. The van der Waals surface area contributed by atoms with Crippen molar-refractivity contribution in [2.24, 2.45) is 0 Å². The van der Waals surface area contributed by atoms with Gasteiger partial charge in [0.25, 0.3) is 0 Å². The maximum absolute atomic E-state index is 3.56. The van der Waals surface area contributed by atoms with E-state index in [-0.39, 0.29) is 12.4 Å². The van der Waals surface area contributed by atoms with Crippen molar-refractivity contribution in [2.75, 3.05) is 6.54 Å². The molecule has 112 valence electrons. The van der Waals surface area contributed by atoms with Crippen molar-refractivity contribution >= 4 is 12.4 Å². The maximum atomic E-state index is 3.56. The van der Waals surface area contributed by atoms with E-state index in [1.807, 2.05) is 0 Å². The summed E-state index contributed by atoms with van der Waals surface area (Å²) in [6, 6.07) is 9.01. The van der Waals surface area contributed by atoms with Crippen LogP contribution in [-0.4, -0.2) is 6.54 Å². The van der Waals surface area contributed by atoms with E-state index >= 15 is 0 Å². The second kappa shape index (κ2) is 9.20. The zero-order valence-corrected chi connectivity index (χ0v) is 13.6. The topological polar surface area (TPSA) is 12.0 Å². The molecule has 0 amide bonds. The average Bonchev–Trinajstić information content (AvgIpc) is 2.45. The van der Waals surface area contributed by atoms with E-state index in [1.54, 1.807) is 5.57 Å². The number of nitrogens with one attached hydrogen (secondary N) is 1. The predicted octanol–water partition coefficient (Wildman–Crippen LogP) is 5.21. The van der Waals surface area contributed by atoms with Gasteiger partial charge in [0.2, 0.25) is 0 Å². The lowest BCUT2D eigenvalue weighted by Gasteiger charge is -2.13. The summed E-state index contributed by atoms with van der Waals surface area (Å²) in [5.74, 6) is 0.625. The highest BCUT2D eigenvalue weighted by atomic mass is 35.5. The first-order chi connectivity index (χ1) is 9.25. The summed E-state index contributed by atoms with van der Waals surface area (Å²) in [5.41, 5.74) is 4.48. The number of rotatable bonds is 6. The molecule has 0 saturated carbocycles. The standard InChI is InChI=1S/C18H27N.ClH/c1-15(2)18-10-8-17(9-11-18)14-19-13-12-16-6-4-3-5-7-16;/h6,8-11,15,19H,3-5,7,12-14H2,1-2H3;1H. The van der Waals surface area contributed by atoms with Gasteiger partial charge in [-0.25, -0.2) is 0 Å². The molecule has 0 spiro atoms. The Labute approximate surface area is 130 Å². The van der Waals surface area contributed by atoms with Gasteiger partial charge in [0.1, 0.15) is 0 Å². The summed E-state index contributed by atoms with van der Waals surface area (Å²) in [5, 5.41) is 3.56. The van der Waals surface area contributed by atoms with Crippen LogP contribution in [-0.2, 0) is 6.54 Å². The number of allylic oxidation sites excluding steroid dienone is 1. The van der Waals surface area contributed by atoms with Crippen LogP contribution in [0.3, 0.4) is 0 Å². The second-order valence-corrected chi connectivity index (χ2v) is 5.93. The van der Waals surface area contributed by atoms with Crippen molar-refractivity contribution in [2.45, 2.75) is 58.4 Å². The zero-order chi connectivity index (χ0) is 13.5. The molecule has 0 unspecified atom stereocenters. The highest BCUT2D eigenvalue weighted by Crippen LogP contribution is 2.19. The summed E-state index contributed by atoms with van der Waals surface area (Å²) in [7, 11) is 0. The lowest BCUT2D eigenvalue weighted by Crippen LogP contribution is -2.15. The van der Waals surface area contributed by atoms with Gasteiger partial charge in [-0.1, -0.05) is 49.8 Å². The molecule has 1 N–H and O–H groups in total. The summed E-state index contributed by atoms with van der Waals surface area (Å²) >= 11 is 0. The minimum Gasteiger partial charge on any atom is -0.312 e. The van der Waals surface area contributed by atoms with Crippen LogP contribution in [0.15, 0.2) is 35.9 Å². The van der Waals surface area contributed by atoms with Crippen molar-refractivity contribution in [3.8, 4) is 0 Å². The zero-order valence-electron chi connectivity index (χ0n) is 12.8. The summed E-state index contributed by atoms with van der Waals surface area (Å²) in [6.07, 6.45) is 9.07. The molecule has 0 aliphatic heterocycles. The second-order valence-electron chi connectivity index (χ2n) is 5.93. The van der Waals surface area contributed by atoms with Gasteiger partial charge in [-0.2, -0.15) is 0 Å². The predicted molar refractivity (Wildman–Crippen MR) is 90.7 cm³/mol. The van der Waals surface area contributed by atoms with Crippen LogP contribution < -0.4 is 5.32 Å². The van der Waals surface area contributed by atoms with Crippen molar-refractivity contribution in [1.29, 1.82) is 0 Å². The molecule has 1 aromatic carbocycles. The highest BCUT2D eigenvalue weighted by molar-refractivity contribution is 5.85. The average molecular weight is 294 g/mol. The Kier molecular flexibility index (Phi) is 7.94. The van der Waals surface area contributed by atoms with Gasteiger partial charge in [-0.15, -0.1) is 12.4 Å². The Morgan fingerprint density at radius 3 is 2.45 bits per heavy atom. The van der Waals surface area contributed by atoms with E-state index in [0.717, 1.165) is 13.1 Å². The van der Waals surface area contributed by atoms with Crippen molar-refractivity contribution in [3.63, 3.8) is 0 Å². The third-order valence-electron chi connectivity index (χ3n) is 3.98. The van der Waals surface area contributed by atoms with Crippen LogP contribution in [0.5, 0.6) is 0 Å². The molecular weight excluding hydrogens is 266 g/mol. The first kappa shape index (κ1) is 17.3. The van der Waals surface area contributed by atoms with E-state index < -0.39 is 0 Å². The lowest BCUT2D eigenvalue weighted by molar-refractivity contribution is 0.632. The quantitative estimate of drug-likeness (QED) is 0.561. The third kappa shape index (κ3) is 5.68. The minimum absolute atomic E-state index is 0. The van der Waals surface area contributed by atoms with Crippen LogP contribution in [0.25, 0.3) is 0 Å². The molecule has 0 heterocycles. The largest absolute Gasteiger partial charge is 0.312 e. The van der Waals surface area contributed by atoms with Crippen molar-refractivity contribution in [1.82, 2.24) is 5.32 Å². The van der Waals surface area contributed by atoms with Gasteiger partial charge in [-0.3, -0.25) is 0 Å². The van der Waals surface area contributed by atoms with Crippen LogP contribution in [0.1, 0.15) is 63.0 Å². The minimum atomic E-state index is 0. The molecule has 0 aromatic heterocycles. The van der Waals surface area contributed by atoms with Crippen LogP contribution in [0.4, 0.5) is 0 Å². The van der Waals surface area contributed by atoms with Crippen LogP contribution in [0.2, 0.25) is 0 Å². The normalized spacial score (nSPS) is 14.8. The number of hydrogen-bond donors (Lipinski definition) is 1. The Hall–Kier alpha value is -0.790. The van der Waals surface area contributed by atoms with E-state index in [1.165, 1.54) is 43.2 Å². The van der Waals surface area contributed by atoms with E-state index in [9.17, 15) is 0 Å². The molecular formula is C18H28ClN. The summed E-state index contributed by atoms with van der Waals surface area (Å²) < 4.78 is 0. The van der Waals surface area contributed by atoms with E-state index in [2.05, 4.69) is 49.5 Å². The molecule has 0 fully saturated rings. The highest BCUT2D eigenvalue weighted by Gasteiger charge is 2.03. The summed E-state index contributed by atoms with van der Waals surface area (Å²) in [4.78, 5) is 0. The number of hydrogen-bond acceptors (Lipinski definition) is 1. The van der Waals surface area contributed by atoms with Crippen LogP contribution in [0, 0.1) is 0 Å². The van der Waals surface area contributed by atoms with Crippen molar-refractivity contribution < 1.29 is 0 Å². The molecule has 1 aliphatic carbocycles. The molecule has 0 bridgehead atoms. The first-order valence-corrected chi connectivity index (χ1v) is 7.73. The molecule has 0 radical (unpaired) electrons. The molecule has 1 nitrogen and oxygen atoms in total. The number of halogens is 1. The van der Waals surface area contributed by atoms with Gasteiger partial charge in [0.05, 0.1) is 0 Å². The van der Waals surface area contributed by atoms with Gasteiger partial charge < -0.3 is 5.32 Å². The van der Waals surface area contributed by atoms with Gasteiger partial charge >= 0.3 is 0 Å².